The summed E-state index contributed by atoms with van der Waals surface area (Å²) in [5, 5.41) is 0. The van der Waals surface area contributed by atoms with Gasteiger partial charge < -0.3 is 4.74 Å². The Bertz CT molecular complexity index is 1120. The van der Waals surface area contributed by atoms with Gasteiger partial charge in [-0.15, -0.1) is 0 Å². The first-order chi connectivity index (χ1) is 15.3. The summed E-state index contributed by atoms with van der Waals surface area (Å²) in [6.45, 7) is 3.46. The third-order valence-electron chi connectivity index (χ3n) is 7.84. The normalized spacial score (nSPS) is 26.7. The second-order valence-corrected chi connectivity index (χ2v) is 9.52. The molecule has 2 heteroatoms. The molecule has 3 unspecified atom stereocenters. The van der Waals surface area contributed by atoms with Crippen molar-refractivity contribution in [1.29, 1.82) is 0 Å². The van der Waals surface area contributed by atoms with Crippen LogP contribution in [-0.2, 0) is 6.54 Å². The molecule has 2 nitrogen and oxygen atoms in total. The molecule has 3 aliphatic carbocycles. The average Bonchev–Trinajstić information content (AvgIpc) is 3.22. The van der Waals surface area contributed by atoms with Gasteiger partial charge in [-0.25, -0.2) is 0 Å². The van der Waals surface area contributed by atoms with E-state index < -0.39 is 0 Å². The van der Waals surface area contributed by atoms with Gasteiger partial charge in [-0.1, -0.05) is 72.8 Å². The molecule has 1 aliphatic heterocycles. The van der Waals surface area contributed by atoms with Crippen molar-refractivity contribution in [3.05, 3.63) is 107 Å². The summed E-state index contributed by atoms with van der Waals surface area (Å²) in [6, 6.07) is 28.8. The molecule has 3 aromatic carbocycles. The van der Waals surface area contributed by atoms with Crippen LogP contribution in [0.25, 0.3) is 5.57 Å². The molecule has 0 saturated carbocycles. The Labute approximate surface area is 185 Å². The van der Waals surface area contributed by atoms with Crippen molar-refractivity contribution >= 4 is 5.57 Å². The maximum Gasteiger partial charge on any atom is 0.118 e. The fourth-order valence-corrected chi connectivity index (χ4v) is 6.39. The molecular weight excluding hydrogens is 378 g/mol. The lowest BCUT2D eigenvalue weighted by atomic mass is 9.54. The minimum absolute atomic E-state index is 0.365. The number of benzene rings is 3. The highest BCUT2D eigenvalue weighted by molar-refractivity contribution is 5.77. The summed E-state index contributed by atoms with van der Waals surface area (Å²) in [7, 11) is 1.73. The van der Waals surface area contributed by atoms with Crippen molar-refractivity contribution in [1.82, 2.24) is 4.90 Å². The molecule has 1 saturated heterocycles. The highest BCUT2D eigenvalue weighted by atomic mass is 16.5. The second kappa shape index (κ2) is 7.39. The van der Waals surface area contributed by atoms with Crippen LogP contribution < -0.4 is 4.74 Å². The lowest BCUT2D eigenvalue weighted by Gasteiger charge is -2.50. The van der Waals surface area contributed by atoms with Crippen molar-refractivity contribution in [3.8, 4) is 5.75 Å². The largest absolute Gasteiger partial charge is 0.497 e. The van der Waals surface area contributed by atoms with Crippen molar-refractivity contribution in [2.24, 2.45) is 5.41 Å². The summed E-state index contributed by atoms with van der Waals surface area (Å²) < 4.78 is 5.39. The van der Waals surface area contributed by atoms with Crippen LogP contribution in [0, 0.1) is 5.41 Å². The molecule has 1 spiro atoms. The number of likely N-dealkylation sites (tertiary alicyclic amines) is 1. The highest BCUT2D eigenvalue weighted by Crippen LogP contribution is 2.62. The van der Waals surface area contributed by atoms with Crippen LogP contribution in [0.15, 0.2) is 84.9 Å². The molecule has 0 radical (unpaired) electrons. The van der Waals surface area contributed by atoms with Gasteiger partial charge in [0.1, 0.15) is 5.75 Å². The maximum absolute atomic E-state index is 5.39. The van der Waals surface area contributed by atoms with Gasteiger partial charge in [-0.2, -0.15) is 0 Å². The van der Waals surface area contributed by atoms with Gasteiger partial charge in [0, 0.05) is 24.9 Å². The van der Waals surface area contributed by atoms with Crippen LogP contribution in [0.5, 0.6) is 5.75 Å². The molecule has 1 heterocycles. The molecule has 0 N–H and O–H groups in total. The van der Waals surface area contributed by atoms with Crippen molar-refractivity contribution in [2.45, 2.75) is 31.2 Å². The zero-order valence-corrected chi connectivity index (χ0v) is 18.1. The summed E-state index contributed by atoms with van der Waals surface area (Å²) in [5.74, 6) is 1.92. The van der Waals surface area contributed by atoms with Crippen LogP contribution in [-0.4, -0.2) is 25.1 Å². The van der Waals surface area contributed by atoms with Crippen LogP contribution in [0.4, 0.5) is 0 Å². The Morgan fingerprint density at radius 2 is 1.65 bits per heavy atom. The minimum Gasteiger partial charge on any atom is -0.497 e. The van der Waals surface area contributed by atoms with E-state index in [4.69, 9.17) is 4.74 Å². The first kappa shape index (κ1) is 18.9. The Kier molecular flexibility index (Phi) is 4.50. The van der Waals surface area contributed by atoms with Crippen molar-refractivity contribution in [2.75, 3.05) is 20.2 Å². The molecule has 1 fully saturated rings. The summed E-state index contributed by atoms with van der Waals surface area (Å²) in [4.78, 5) is 2.68. The number of nitrogens with zero attached hydrogens (tertiary/aromatic N) is 1. The van der Waals surface area contributed by atoms with Crippen LogP contribution in [0.1, 0.15) is 46.9 Å². The fourth-order valence-electron chi connectivity index (χ4n) is 6.39. The third-order valence-corrected chi connectivity index (χ3v) is 7.84. The van der Waals surface area contributed by atoms with Crippen molar-refractivity contribution < 1.29 is 4.74 Å². The van der Waals surface area contributed by atoms with Crippen LogP contribution in [0.3, 0.4) is 0 Å². The van der Waals surface area contributed by atoms with Gasteiger partial charge in [-0.05, 0) is 64.8 Å². The Morgan fingerprint density at radius 3 is 2.42 bits per heavy atom. The van der Waals surface area contributed by atoms with E-state index in [0.717, 1.165) is 12.3 Å². The standard InChI is InChI=1S/C29H29NO/c1-31-23-13-11-22(12-14-23)26-17-28-25-10-6-5-9-24(25)27(26)18-29(28)15-16-30(20-29)19-21-7-3-2-4-8-21/h2-14,17,27-28H,15-16,18-20H2,1H3. The van der Waals surface area contributed by atoms with Crippen molar-refractivity contribution in [3.63, 3.8) is 0 Å². The summed E-state index contributed by atoms with van der Waals surface area (Å²) in [6.07, 6.45) is 5.17. The van der Waals surface area contributed by atoms with Gasteiger partial charge in [-0.3, -0.25) is 4.90 Å². The van der Waals surface area contributed by atoms with Gasteiger partial charge >= 0.3 is 0 Å². The van der Waals surface area contributed by atoms with E-state index >= 15 is 0 Å². The molecule has 3 aromatic rings. The molecule has 3 atom stereocenters. The molecule has 4 aliphatic rings. The van der Waals surface area contributed by atoms with E-state index in [9.17, 15) is 0 Å². The monoisotopic (exact) mass is 407 g/mol. The smallest absolute Gasteiger partial charge is 0.118 e. The van der Waals surface area contributed by atoms with E-state index in [0.29, 0.717) is 17.3 Å². The lowest BCUT2D eigenvalue weighted by Crippen LogP contribution is -2.40. The Balaban J connectivity index is 1.34. The van der Waals surface area contributed by atoms with Gasteiger partial charge in [0.15, 0.2) is 0 Å². The second-order valence-electron chi connectivity index (χ2n) is 9.52. The SMILES string of the molecule is COc1ccc(C2=CC3c4ccccc4C2CC32CCN(Cc3ccccc3)C2)cc1. The number of ether oxygens (including phenoxy) is 1. The van der Waals surface area contributed by atoms with Crippen LogP contribution >= 0.6 is 0 Å². The van der Waals surface area contributed by atoms with Gasteiger partial charge in [0.2, 0.25) is 0 Å². The number of hydrogen-bond acceptors (Lipinski definition) is 2. The van der Waals surface area contributed by atoms with E-state index in [1.807, 2.05) is 0 Å². The van der Waals surface area contributed by atoms with E-state index in [2.05, 4.69) is 89.8 Å². The molecule has 0 amide bonds. The first-order valence-corrected chi connectivity index (χ1v) is 11.5. The van der Waals surface area contributed by atoms with E-state index in [1.54, 1.807) is 18.2 Å². The highest BCUT2D eigenvalue weighted by Gasteiger charge is 2.52. The average molecular weight is 408 g/mol. The van der Waals surface area contributed by atoms with E-state index in [-0.39, 0.29) is 0 Å². The molecule has 2 bridgehead atoms. The number of methoxy groups -OCH3 is 1. The molecular formula is C29H29NO. The lowest BCUT2D eigenvalue weighted by molar-refractivity contribution is 0.189. The number of hydrogen-bond donors (Lipinski definition) is 0. The first-order valence-electron chi connectivity index (χ1n) is 11.5. The Morgan fingerprint density at radius 1 is 0.903 bits per heavy atom. The predicted octanol–water partition coefficient (Wildman–Crippen LogP) is 6.26. The number of rotatable bonds is 4. The van der Waals surface area contributed by atoms with Crippen LogP contribution in [0.2, 0.25) is 0 Å². The quantitative estimate of drug-likeness (QED) is 0.506. The number of allylic oxidation sites excluding steroid dienone is 2. The maximum atomic E-state index is 5.39. The predicted molar refractivity (Wildman–Crippen MR) is 126 cm³/mol. The van der Waals surface area contributed by atoms with Gasteiger partial charge in [0.25, 0.3) is 0 Å². The minimum atomic E-state index is 0.365. The summed E-state index contributed by atoms with van der Waals surface area (Å²) in [5.41, 5.74) is 7.77. The topological polar surface area (TPSA) is 12.5 Å². The molecule has 0 aromatic heterocycles. The van der Waals surface area contributed by atoms with Gasteiger partial charge in [0.05, 0.1) is 7.11 Å². The zero-order chi connectivity index (χ0) is 20.8. The van der Waals surface area contributed by atoms with E-state index in [1.165, 1.54) is 42.6 Å². The summed E-state index contributed by atoms with van der Waals surface area (Å²) >= 11 is 0. The molecule has 31 heavy (non-hydrogen) atoms. The molecule has 156 valence electrons. The fraction of sp³-hybridized carbons (Fsp3) is 0.310. The molecule has 7 rings (SSSR count). The third kappa shape index (κ3) is 3.13. The Hall–Kier alpha value is -2.84. The zero-order valence-electron chi connectivity index (χ0n) is 18.1.